The molecule has 0 amide bonds. The van der Waals surface area contributed by atoms with Crippen LogP contribution in [0.25, 0.3) is 33.8 Å². The van der Waals surface area contributed by atoms with E-state index < -0.39 is 18.3 Å². The molecule has 1 aliphatic carbocycles. The Hall–Kier alpha value is -3.52. The van der Waals surface area contributed by atoms with Crippen LogP contribution in [0.3, 0.4) is 0 Å². The van der Waals surface area contributed by atoms with Crippen molar-refractivity contribution in [3.8, 4) is 11.3 Å². The predicted molar refractivity (Wildman–Crippen MR) is 160 cm³/mol. The van der Waals surface area contributed by atoms with Crippen molar-refractivity contribution < 1.29 is 9.31 Å². The lowest BCUT2D eigenvalue weighted by Gasteiger charge is -2.32. The molecule has 0 radical (unpaired) electrons. The van der Waals surface area contributed by atoms with Gasteiger partial charge in [-0.2, -0.15) is 0 Å². The van der Waals surface area contributed by atoms with Gasteiger partial charge in [-0.25, -0.2) is 9.38 Å². The van der Waals surface area contributed by atoms with Crippen LogP contribution in [0, 0.1) is 5.41 Å². The van der Waals surface area contributed by atoms with Crippen molar-refractivity contribution >= 4 is 59.4 Å². The number of allylic oxidation sites excluding steroid dienone is 1. The Labute approximate surface area is 228 Å². The zero-order valence-corrected chi connectivity index (χ0v) is 22.7. The van der Waals surface area contributed by atoms with Gasteiger partial charge in [-0.3, -0.25) is 5.41 Å². The lowest BCUT2D eigenvalue weighted by molar-refractivity contribution is 0.00578. The number of rotatable bonds is 3. The molecule has 1 fully saturated rings. The molecule has 7 heteroatoms. The molecule has 38 heavy (non-hydrogen) atoms. The number of fused-ring (bicyclic) bond motifs is 3. The van der Waals surface area contributed by atoms with E-state index in [1.807, 2.05) is 107 Å². The van der Waals surface area contributed by atoms with E-state index in [2.05, 4.69) is 23.3 Å². The summed E-state index contributed by atoms with van der Waals surface area (Å²) in [4.78, 5) is 5.17. The van der Waals surface area contributed by atoms with E-state index in [0.29, 0.717) is 11.4 Å². The minimum atomic E-state index is -0.499. The molecule has 1 saturated heterocycles. The molecule has 2 aliphatic rings. The van der Waals surface area contributed by atoms with E-state index in [9.17, 15) is 5.41 Å². The fraction of sp³-hybridized carbons (Fsp3) is 0.194. The van der Waals surface area contributed by atoms with Crippen LogP contribution in [0.5, 0.6) is 0 Å². The minimum absolute atomic E-state index is 0.323. The first-order valence-corrected chi connectivity index (χ1v) is 13.1. The van der Waals surface area contributed by atoms with E-state index >= 15 is 0 Å². The summed E-state index contributed by atoms with van der Waals surface area (Å²) in [6.07, 6.45) is 2.09. The third-order valence-corrected chi connectivity index (χ3v) is 8.04. The van der Waals surface area contributed by atoms with Crippen LogP contribution in [-0.2, 0) is 9.31 Å². The molecule has 0 unspecified atom stereocenters. The summed E-state index contributed by atoms with van der Waals surface area (Å²) in [5.74, 6) is 0. The van der Waals surface area contributed by atoms with Crippen molar-refractivity contribution in [2.45, 2.75) is 38.9 Å². The smallest absolute Gasteiger partial charge is 0.399 e. The molecule has 2 heterocycles. The Kier molecular flexibility index (Phi) is 5.91. The van der Waals surface area contributed by atoms with E-state index in [0.717, 1.165) is 49.9 Å². The van der Waals surface area contributed by atoms with E-state index in [-0.39, 0.29) is 0 Å². The standard InChI is InChI=1S/C31H28BN3O2S/c1-30(2)31(3,4)37-32(36-30)21-15-16-22-25(17-21)34-28(20-13-9-6-10-14-20)24-18-23(19-11-7-5-8-12-19)29(35-38)27(33)26(22)24/h5-18,33,38H,1-4H3/b33-27?,35-29-. The highest BCUT2D eigenvalue weighted by molar-refractivity contribution is 7.79. The van der Waals surface area contributed by atoms with Gasteiger partial charge in [-0.1, -0.05) is 72.8 Å². The largest absolute Gasteiger partial charge is 0.494 e. The molecule has 0 spiro atoms. The molecule has 1 N–H and O–H groups in total. The molecule has 1 aliphatic heterocycles. The molecule has 0 bridgehead atoms. The summed E-state index contributed by atoms with van der Waals surface area (Å²) in [6.45, 7) is 8.19. The Balaban J connectivity index is 1.60. The van der Waals surface area contributed by atoms with E-state index in [1.165, 1.54) is 0 Å². The molecular formula is C31H28BN3O2S. The number of pyridine rings is 1. The molecule has 6 rings (SSSR count). The fourth-order valence-electron chi connectivity index (χ4n) is 5.06. The van der Waals surface area contributed by atoms with Crippen LogP contribution in [0.4, 0.5) is 0 Å². The van der Waals surface area contributed by atoms with Gasteiger partial charge in [0.15, 0.2) is 0 Å². The summed E-state index contributed by atoms with van der Waals surface area (Å²) in [7, 11) is -0.499. The second-order valence-electron chi connectivity index (χ2n) is 10.7. The quantitative estimate of drug-likeness (QED) is 0.244. The number of nitrogens with one attached hydrogen (secondary N) is 1. The van der Waals surface area contributed by atoms with Gasteiger partial charge in [0.1, 0.15) is 5.71 Å². The van der Waals surface area contributed by atoms with Gasteiger partial charge in [0.25, 0.3) is 0 Å². The SMILES string of the molecule is CC1(C)OB(c2ccc3c4c(c(-c5ccccc5)nc3c2)C=C(c2ccccc2)/C(=N/S)C4=N)OC1(C)C. The molecule has 5 nitrogen and oxygen atoms in total. The van der Waals surface area contributed by atoms with Crippen molar-refractivity contribution in [3.05, 3.63) is 95.6 Å². The summed E-state index contributed by atoms with van der Waals surface area (Å²) in [5, 5.41) is 10.2. The predicted octanol–water partition coefficient (Wildman–Crippen LogP) is 6.41. The maximum atomic E-state index is 9.28. The van der Waals surface area contributed by atoms with Crippen LogP contribution in [0.2, 0.25) is 0 Å². The van der Waals surface area contributed by atoms with Crippen molar-refractivity contribution in [1.29, 1.82) is 5.41 Å². The molecule has 4 aromatic rings. The highest BCUT2D eigenvalue weighted by atomic mass is 32.1. The molecule has 1 aromatic heterocycles. The maximum Gasteiger partial charge on any atom is 0.494 e. The third kappa shape index (κ3) is 3.93. The van der Waals surface area contributed by atoms with E-state index in [1.54, 1.807) is 0 Å². The van der Waals surface area contributed by atoms with Gasteiger partial charge in [0.05, 0.1) is 28.1 Å². The van der Waals surface area contributed by atoms with Crippen molar-refractivity contribution in [3.63, 3.8) is 0 Å². The topological polar surface area (TPSA) is 67.6 Å². The number of hydrogen-bond donors (Lipinski definition) is 2. The summed E-state index contributed by atoms with van der Waals surface area (Å²) in [5.41, 5.74) is 6.97. The normalized spacial score (nSPS) is 19.1. The third-order valence-electron chi connectivity index (χ3n) is 7.84. The van der Waals surface area contributed by atoms with Crippen molar-refractivity contribution in [2.75, 3.05) is 0 Å². The first-order valence-electron chi connectivity index (χ1n) is 12.7. The molecule has 0 saturated carbocycles. The highest BCUT2D eigenvalue weighted by Crippen LogP contribution is 2.39. The van der Waals surface area contributed by atoms with Gasteiger partial charge in [-0.05, 0) is 63.7 Å². The van der Waals surface area contributed by atoms with Gasteiger partial charge in [0, 0.05) is 27.6 Å². The first-order chi connectivity index (χ1) is 18.2. The van der Waals surface area contributed by atoms with E-state index in [4.69, 9.17) is 14.3 Å². The number of benzene rings is 3. The summed E-state index contributed by atoms with van der Waals surface area (Å²) in [6, 6.07) is 26.1. The minimum Gasteiger partial charge on any atom is -0.399 e. The number of nitrogens with zero attached hydrogens (tertiary/aromatic N) is 2. The molecular weight excluding hydrogens is 489 g/mol. The van der Waals surface area contributed by atoms with Gasteiger partial charge in [0.2, 0.25) is 0 Å². The van der Waals surface area contributed by atoms with Gasteiger partial charge >= 0.3 is 7.12 Å². The maximum absolute atomic E-state index is 9.28. The number of thiol groups is 1. The lowest BCUT2D eigenvalue weighted by atomic mass is 9.77. The second-order valence-corrected chi connectivity index (χ2v) is 10.9. The highest BCUT2D eigenvalue weighted by Gasteiger charge is 2.51. The summed E-state index contributed by atoms with van der Waals surface area (Å²) >= 11 is 4.28. The Bertz CT molecular complexity index is 1630. The monoisotopic (exact) mass is 517 g/mol. The van der Waals surface area contributed by atoms with Gasteiger partial charge in [-0.15, -0.1) is 0 Å². The van der Waals surface area contributed by atoms with Crippen molar-refractivity contribution in [2.24, 2.45) is 4.40 Å². The average molecular weight is 517 g/mol. The van der Waals surface area contributed by atoms with Crippen LogP contribution in [0.1, 0.15) is 44.4 Å². The Morgan fingerprint density at radius 3 is 2.05 bits per heavy atom. The average Bonchev–Trinajstić information content (AvgIpc) is 3.15. The number of aromatic nitrogens is 1. The van der Waals surface area contributed by atoms with Crippen LogP contribution >= 0.6 is 12.8 Å². The number of hydrogen-bond acceptors (Lipinski definition) is 6. The molecule has 0 atom stereocenters. The lowest BCUT2D eigenvalue weighted by Crippen LogP contribution is -2.41. The zero-order valence-electron chi connectivity index (χ0n) is 21.8. The zero-order chi connectivity index (χ0) is 26.7. The Morgan fingerprint density at radius 1 is 0.842 bits per heavy atom. The second kappa shape index (κ2) is 9.05. The Morgan fingerprint density at radius 2 is 1.45 bits per heavy atom. The fourth-order valence-corrected chi connectivity index (χ4v) is 5.26. The summed E-state index contributed by atoms with van der Waals surface area (Å²) < 4.78 is 16.9. The van der Waals surface area contributed by atoms with Gasteiger partial charge < -0.3 is 9.31 Å². The molecule has 188 valence electrons. The molecule has 3 aromatic carbocycles. The van der Waals surface area contributed by atoms with Crippen LogP contribution in [0.15, 0.2) is 83.3 Å². The van der Waals surface area contributed by atoms with Crippen LogP contribution in [-0.4, -0.2) is 34.7 Å². The van der Waals surface area contributed by atoms with Crippen LogP contribution < -0.4 is 5.46 Å². The first kappa shape index (κ1) is 24.8. The van der Waals surface area contributed by atoms with Crippen molar-refractivity contribution in [1.82, 2.24) is 4.98 Å².